The van der Waals surface area contributed by atoms with Crippen molar-refractivity contribution in [1.29, 1.82) is 0 Å². The third-order valence-corrected chi connectivity index (χ3v) is 5.02. The van der Waals surface area contributed by atoms with Crippen molar-refractivity contribution in [2.45, 2.75) is 12.5 Å². The van der Waals surface area contributed by atoms with Gasteiger partial charge in [-0.15, -0.1) is 0 Å². The molecule has 2 aromatic rings. The average molecular weight is 416 g/mol. The Morgan fingerprint density at radius 3 is 2.73 bits per heavy atom. The number of para-hydroxylation sites is 1. The van der Waals surface area contributed by atoms with Gasteiger partial charge in [0.15, 0.2) is 5.82 Å². The number of benzene rings is 2. The minimum Gasteiger partial charge on any atom is -0.335 e. The summed E-state index contributed by atoms with van der Waals surface area (Å²) in [5.74, 6) is -0.376. The first-order chi connectivity index (χ1) is 12.4. The highest BCUT2D eigenvalue weighted by molar-refractivity contribution is 9.10. The van der Waals surface area contributed by atoms with Crippen molar-refractivity contribution in [2.75, 3.05) is 10.6 Å². The van der Waals surface area contributed by atoms with Crippen LogP contribution in [0.15, 0.2) is 58.5 Å². The minimum atomic E-state index is -1.62. The molecule has 0 aliphatic carbocycles. The quantitative estimate of drug-likeness (QED) is 0.453. The Labute approximate surface area is 156 Å². The van der Waals surface area contributed by atoms with Crippen LogP contribution in [0.3, 0.4) is 0 Å². The number of rotatable bonds is 3. The molecule has 2 heterocycles. The summed E-state index contributed by atoms with van der Waals surface area (Å²) in [6.07, 6.45) is 0. The number of anilines is 2. The number of nitro groups is 1. The number of carbonyl (C=O) groups is 1. The molecule has 1 unspecified atom stereocenters. The van der Waals surface area contributed by atoms with E-state index in [1.54, 1.807) is 18.2 Å². The Bertz CT molecular complexity index is 990. The summed E-state index contributed by atoms with van der Waals surface area (Å²) in [5, 5.41) is 17.7. The third-order valence-electron chi connectivity index (χ3n) is 4.53. The fourth-order valence-corrected chi connectivity index (χ4v) is 3.62. The largest absolute Gasteiger partial charge is 0.335 e. The smallest absolute Gasteiger partial charge is 0.323 e. The highest BCUT2D eigenvalue weighted by Gasteiger charge is 2.61. The lowest BCUT2D eigenvalue weighted by atomic mass is 9.89. The molecule has 4 rings (SSSR count). The molecule has 0 saturated heterocycles. The molecule has 8 nitrogen and oxygen atoms in total. The predicted molar refractivity (Wildman–Crippen MR) is 99.5 cm³/mol. The number of hydrogen-bond donors (Lipinski definition) is 4. The summed E-state index contributed by atoms with van der Waals surface area (Å²) in [7, 11) is 0. The van der Waals surface area contributed by atoms with Crippen LogP contribution in [0, 0.1) is 17.0 Å². The lowest BCUT2D eigenvalue weighted by Crippen LogP contribution is -2.50. The molecule has 1 amide bonds. The van der Waals surface area contributed by atoms with E-state index >= 15 is 0 Å². The van der Waals surface area contributed by atoms with Crippen molar-refractivity contribution < 1.29 is 9.72 Å². The number of nitrogens with zero attached hydrogens (tertiary/aromatic N) is 1. The van der Waals surface area contributed by atoms with E-state index in [2.05, 4.69) is 37.4 Å². The lowest BCUT2D eigenvalue weighted by Gasteiger charge is -2.19. The molecule has 0 fully saturated rings. The Kier molecular flexibility index (Phi) is 3.70. The number of nitrogens with one attached hydrogen (secondary N) is 4. The van der Waals surface area contributed by atoms with E-state index < -0.39 is 16.4 Å². The Morgan fingerprint density at radius 2 is 2.00 bits per heavy atom. The van der Waals surface area contributed by atoms with E-state index in [-0.39, 0.29) is 11.5 Å². The van der Waals surface area contributed by atoms with Crippen LogP contribution < -0.4 is 21.5 Å². The zero-order chi connectivity index (χ0) is 18.5. The number of halogens is 1. The molecule has 9 heteroatoms. The van der Waals surface area contributed by atoms with Crippen LogP contribution in [0.2, 0.25) is 0 Å². The Hall–Kier alpha value is -2.91. The number of carbonyl (C=O) groups excluding carboxylic acids is 1. The molecule has 1 spiro atoms. The maximum absolute atomic E-state index is 12.8. The van der Waals surface area contributed by atoms with Crippen LogP contribution in [0.5, 0.6) is 0 Å². The van der Waals surface area contributed by atoms with Crippen LogP contribution >= 0.6 is 15.9 Å². The highest BCUT2D eigenvalue weighted by atomic mass is 79.9. The summed E-state index contributed by atoms with van der Waals surface area (Å²) in [6.45, 7) is 1.89. The van der Waals surface area contributed by atoms with Gasteiger partial charge in [0, 0.05) is 21.4 Å². The molecule has 0 aromatic heterocycles. The monoisotopic (exact) mass is 415 g/mol. The van der Waals surface area contributed by atoms with Crippen molar-refractivity contribution in [1.82, 2.24) is 10.9 Å². The van der Waals surface area contributed by atoms with Crippen molar-refractivity contribution >= 4 is 33.2 Å². The van der Waals surface area contributed by atoms with Gasteiger partial charge in [-0.2, -0.15) is 0 Å². The highest BCUT2D eigenvalue weighted by Crippen LogP contribution is 2.45. The molecule has 4 N–H and O–H groups in total. The van der Waals surface area contributed by atoms with Gasteiger partial charge >= 0.3 is 5.70 Å². The maximum atomic E-state index is 12.8. The van der Waals surface area contributed by atoms with Crippen molar-refractivity contribution in [3.8, 4) is 0 Å². The fraction of sp³-hybridized carbons (Fsp3) is 0.118. The zero-order valence-corrected chi connectivity index (χ0v) is 15.2. The second-order valence-electron chi connectivity index (χ2n) is 6.06. The summed E-state index contributed by atoms with van der Waals surface area (Å²) in [6, 6.07) is 12.6. The molecule has 1 atom stereocenters. The van der Waals surface area contributed by atoms with Crippen molar-refractivity contribution in [3.63, 3.8) is 0 Å². The number of aryl methyl sites for hydroxylation is 1. The van der Waals surface area contributed by atoms with Crippen LogP contribution in [0.25, 0.3) is 0 Å². The molecular weight excluding hydrogens is 402 g/mol. The number of fused-ring (bicyclic) bond motifs is 2. The second-order valence-corrected chi connectivity index (χ2v) is 6.98. The van der Waals surface area contributed by atoms with Gasteiger partial charge in [0.05, 0.1) is 4.92 Å². The first kappa shape index (κ1) is 16.6. The summed E-state index contributed by atoms with van der Waals surface area (Å²) in [4.78, 5) is 24.1. The Balaban J connectivity index is 1.88. The van der Waals surface area contributed by atoms with Gasteiger partial charge in [0.25, 0.3) is 5.91 Å². The standard InChI is InChI=1S/C17H14BrN5O3/c1-9-4-2-3-5-12(9)19-15-14(23(25)26)17(22-21-15)11-8-10(18)6-7-13(11)20-16(17)24/h2-8,19,21-22H,1H3,(H,20,24). The molecule has 2 aliphatic rings. The normalized spacial score (nSPS) is 20.8. The van der Waals surface area contributed by atoms with Gasteiger partial charge in [-0.25, -0.2) is 5.43 Å². The van der Waals surface area contributed by atoms with Gasteiger partial charge in [-0.1, -0.05) is 34.1 Å². The van der Waals surface area contributed by atoms with Crippen molar-refractivity contribution in [2.24, 2.45) is 0 Å². The van der Waals surface area contributed by atoms with E-state index in [9.17, 15) is 14.9 Å². The van der Waals surface area contributed by atoms with Gasteiger partial charge in [0.1, 0.15) is 0 Å². The first-order valence-electron chi connectivity index (χ1n) is 7.80. The lowest BCUT2D eigenvalue weighted by molar-refractivity contribution is -0.434. The van der Waals surface area contributed by atoms with Gasteiger partial charge in [-0.05, 0) is 36.8 Å². The van der Waals surface area contributed by atoms with Crippen LogP contribution in [0.1, 0.15) is 11.1 Å². The topological polar surface area (TPSA) is 108 Å². The number of amides is 1. The Morgan fingerprint density at radius 1 is 1.23 bits per heavy atom. The number of hydrazine groups is 1. The molecule has 2 aromatic carbocycles. The van der Waals surface area contributed by atoms with E-state index in [1.807, 2.05) is 31.2 Å². The van der Waals surface area contributed by atoms with E-state index in [0.717, 1.165) is 10.0 Å². The summed E-state index contributed by atoms with van der Waals surface area (Å²) < 4.78 is 0.719. The first-order valence-corrected chi connectivity index (χ1v) is 8.59. The summed E-state index contributed by atoms with van der Waals surface area (Å²) in [5.41, 5.74) is 6.36. The van der Waals surface area contributed by atoms with Gasteiger partial charge in [0.2, 0.25) is 5.54 Å². The molecule has 0 radical (unpaired) electrons. The molecule has 132 valence electrons. The predicted octanol–water partition coefficient (Wildman–Crippen LogP) is 2.57. The zero-order valence-electron chi connectivity index (χ0n) is 13.6. The second kappa shape index (κ2) is 5.82. The van der Waals surface area contributed by atoms with Crippen molar-refractivity contribution in [3.05, 3.63) is 79.7 Å². The minimum absolute atomic E-state index is 0.132. The van der Waals surface area contributed by atoms with Crippen LogP contribution in [0.4, 0.5) is 11.4 Å². The fourth-order valence-electron chi connectivity index (χ4n) is 3.26. The average Bonchev–Trinajstić information content (AvgIpc) is 3.10. The van der Waals surface area contributed by atoms with Crippen LogP contribution in [-0.2, 0) is 10.3 Å². The van der Waals surface area contributed by atoms with E-state index in [1.165, 1.54) is 0 Å². The van der Waals surface area contributed by atoms with Gasteiger partial charge in [-0.3, -0.25) is 20.3 Å². The molecule has 0 bridgehead atoms. The van der Waals surface area contributed by atoms with E-state index in [0.29, 0.717) is 16.9 Å². The maximum Gasteiger partial charge on any atom is 0.323 e. The number of hydrogen-bond acceptors (Lipinski definition) is 6. The molecule has 26 heavy (non-hydrogen) atoms. The summed E-state index contributed by atoms with van der Waals surface area (Å²) >= 11 is 3.36. The molecule has 2 aliphatic heterocycles. The van der Waals surface area contributed by atoms with Gasteiger partial charge < -0.3 is 10.6 Å². The molecular formula is C17H14BrN5O3. The molecule has 0 saturated carbocycles. The third kappa shape index (κ3) is 2.28. The van der Waals surface area contributed by atoms with Crippen LogP contribution in [-0.4, -0.2) is 10.8 Å². The SMILES string of the molecule is Cc1ccccc1NC1=C([N+](=O)[O-])C2(NN1)C(=O)Nc1ccc(Br)cc12. The van der Waals surface area contributed by atoms with E-state index in [4.69, 9.17) is 0 Å².